The topological polar surface area (TPSA) is 87.7 Å². The Labute approximate surface area is 117 Å². The van der Waals surface area contributed by atoms with Crippen molar-refractivity contribution in [2.45, 2.75) is 18.9 Å². The van der Waals surface area contributed by atoms with E-state index in [9.17, 15) is 14.7 Å². The van der Waals surface area contributed by atoms with E-state index < -0.39 is 11.6 Å². The molecule has 20 heavy (non-hydrogen) atoms. The Morgan fingerprint density at radius 1 is 1.45 bits per heavy atom. The number of hydrogen-bond donors (Lipinski definition) is 3. The van der Waals surface area contributed by atoms with Gasteiger partial charge >= 0.3 is 6.03 Å². The van der Waals surface area contributed by atoms with Crippen LogP contribution in [0.4, 0.5) is 10.5 Å². The molecule has 0 bridgehead atoms. The summed E-state index contributed by atoms with van der Waals surface area (Å²) < 4.78 is 5.09. The molecule has 1 heterocycles. The number of hydrogen-bond acceptors (Lipinski definition) is 4. The first-order chi connectivity index (χ1) is 9.48. The molecule has 0 saturated carbocycles. The molecule has 0 radical (unpaired) electrons. The Hall–Kier alpha value is -1.92. The summed E-state index contributed by atoms with van der Waals surface area (Å²) in [5.74, 6) is -0.0635. The lowest BCUT2D eigenvalue weighted by Crippen LogP contribution is -2.44. The van der Waals surface area contributed by atoms with Gasteiger partial charge in [0.25, 0.3) is 0 Å². The fraction of sp³-hybridized carbons (Fsp3) is 0.429. The maximum absolute atomic E-state index is 11.7. The summed E-state index contributed by atoms with van der Waals surface area (Å²) in [7, 11) is 0. The van der Waals surface area contributed by atoms with Crippen molar-refractivity contribution in [2.75, 3.05) is 25.1 Å². The van der Waals surface area contributed by atoms with E-state index in [0.717, 1.165) is 0 Å². The zero-order valence-electron chi connectivity index (χ0n) is 11.3. The number of amides is 2. The van der Waals surface area contributed by atoms with Crippen molar-refractivity contribution < 1.29 is 19.4 Å². The maximum Gasteiger partial charge on any atom is 0.319 e. The van der Waals surface area contributed by atoms with Gasteiger partial charge in [-0.2, -0.15) is 0 Å². The minimum absolute atomic E-state index is 0.0635. The van der Waals surface area contributed by atoms with Crippen molar-refractivity contribution in [3.05, 3.63) is 29.8 Å². The number of carbonyl (C=O) groups excluding carboxylic acids is 2. The van der Waals surface area contributed by atoms with Gasteiger partial charge in [0.05, 0.1) is 13.2 Å². The highest BCUT2D eigenvalue weighted by atomic mass is 16.5. The molecule has 0 aliphatic carbocycles. The van der Waals surface area contributed by atoms with E-state index in [1.165, 1.54) is 6.92 Å². The third kappa shape index (κ3) is 3.79. The predicted octanol–water partition coefficient (Wildman–Crippen LogP) is 1.16. The molecule has 1 unspecified atom stereocenters. The molecule has 2 rings (SSSR count). The number of benzene rings is 1. The lowest BCUT2D eigenvalue weighted by atomic mass is 10.0. The molecule has 3 N–H and O–H groups in total. The van der Waals surface area contributed by atoms with E-state index in [-0.39, 0.29) is 18.9 Å². The highest BCUT2D eigenvalue weighted by Crippen LogP contribution is 2.17. The molecular formula is C14H18N2O4. The van der Waals surface area contributed by atoms with Crippen molar-refractivity contribution in [3.63, 3.8) is 0 Å². The number of ketones is 1. The first kappa shape index (κ1) is 14.5. The quantitative estimate of drug-likeness (QED) is 0.721. The highest BCUT2D eigenvalue weighted by Gasteiger charge is 2.32. The van der Waals surface area contributed by atoms with Crippen molar-refractivity contribution in [3.8, 4) is 0 Å². The van der Waals surface area contributed by atoms with Crippen LogP contribution in [0.1, 0.15) is 23.7 Å². The summed E-state index contributed by atoms with van der Waals surface area (Å²) in [6.07, 6.45) is 0.507. The van der Waals surface area contributed by atoms with Crippen molar-refractivity contribution in [2.24, 2.45) is 0 Å². The van der Waals surface area contributed by atoms with Crippen LogP contribution < -0.4 is 10.6 Å². The summed E-state index contributed by atoms with van der Waals surface area (Å²) >= 11 is 0. The van der Waals surface area contributed by atoms with E-state index in [1.807, 2.05) is 0 Å². The van der Waals surface area contributed by atoms with Crippen molar-refractivity contribution in [1.29, 1.82) is 0 Å². The normalized spacial score (nSPS) is 21.5. The van der Waals surface area contributed by atoms with Crippen molar-refractivity contribution in [1.82, 2.24) is 5.32 Å². The third-order valence-electron chi connectivity index (χ3n) is 3.19. The predicted molar refractivity (Wildman–Crippen MR) is 73.9 cm³/mol. The van der Waals surface area contributed by atoms with Crippen LogP contribution in [0, 0.1) is 0 Å². The monoisotopic (exact) mass is 278 g/mol. The van der Waals surface area contributed by atoms with Crippen LogP contribution in [-0.4, -0.2) is 42.3 Å². The number of carbonyl (C=O) groups is 2. The van der Waals surface area contributed by atoms with Gasteiger partial charge in [0.2, 0.25) is 0 Å². The minimum atomic E-state index is -0.988. The summed E-state index contributed by atoms with van der Waals surface area (Å²) in [6, 6.07) is 6.26. The Balaban J connectivity index is 1.88. The summed E-state index contributed by atoms with van der Waals surface area (Å²) in [5, 5.41) is 15.2. The molecular weight excluding hydrogens is 260 g/mol. The van der Waals surface area contributed by atoms with E-state index in [0.29, 0.717) is 24.3 Å². The number of Topliss-reactive ketones (excluding diaryl/α,β-unsaturated/α-hetero) is 1. The zero-order valence-corrected chi connectivity index (χ0v) is 11.3. The number of ether oxygens (including phenoxy) is 1. The Bertz CT molecular complexity index is 510. The molecule has 1 saturated heterocycles. The summed E-state index contributed by atoms with van der Waals surface area (Å²) in [5.41, 5.74) is 0.0777. The van der Waals surface area contributed by atoms with Crippen LogP contribution in [0.5, 0.6) is 0 Å². The molecule has 2 amide bonds. The van der Waals surface area contributed by atoms with E-state index in [4.69, 9.17) is 4.74 Å². The van der Waals surface area contributed by atoms with Gasteiger partial charge in [0.15, 0.2) is 5.78 Å². The fourth-order valence-corrected chi connectivity index (χ4v) is 1.97. The standard InChI is InChI=1S/C14H18N2O4/c1-10(17)11-3-2-4-12(7-11)16-13(18)15-8-14(19)5-6-20-9-14/h2-4,7,19H,5-6,8-9H2,1H3,(H2,15,16,18). The second-order valence-electron chi connectivity index (χ2n) is 4.97. The van der Waals surface area contributed by atoms with E-state index >= 15 is 0 Å². The van der Waals surface area contributed by atoms with Gasteiger partial charge in [-0.25, -0.2) is 4.79 Å². The Morgan fingerprint density at radius 2 is 2.25 bits per heavy atom. The Morgan fingerprint density at radius 3 is 2.90 bits per heavy atom. The van der Waals surface area contributed by atoms with Gasteiger partial charge in [0.1, 0.15) is 5.60 Å². The average Bonchev–Trinajstić information content (AvgIpc) is 2.84. The van der Waals surface area contributed by atoms with Crippen LogP contribution in [0.15, 0.2) is 24.3 Å². The molecule has 0 spiro atoms. The number of anilines is 1. The first-order valence-electron chi connectivity index (χ1n) is 6.44. The summed E-state index contributed by atoms with van der Waals surface area (Å²) in [4.78, 5) is 23.0. The molecule has 0 aromatic heterocycles. The van der Waals surface area contributed by atoms with Crippen LogP contribution in [0.25, 0.3) is 0 Å². The number of urea groups is 1. The molecule has 108 valence electrons. The zero-order chi connectivity index (χ0) is 14.6. The first-order valence-corrected chi connectivity index (χ1v) is 6.44. The molecule has 1 aliphatic heterocycles. The van der Waals surface area contributed by atoms with Crippen LogP contribution in [0.2, 0.25) is 0 Å². The number of nitrogens with one attached hydrogen (secondary N) is 2. The van der Waals surface area contributed by atoms with Gasteiger partial charge in [0, 0.05) is 24.3 Å². The molecule has 1 atom stereocenters. The largest absolute Gasteiger partial charge is 0.386 e. The van der Waals surface area contributed by atoms with Crippen molar-refractivity contribution >= 4 is 17.5 Å². The van der Waals surface area contributed by atoms with Crippen LogP contribution in [0.3, 0.4) is 0 Å². The lowest BCUT2D eigenvalue weighted by molar-refractivity contribution is 0.0295. The number of rotatable bonds is 4. The second-order valence-corrected chi connectivity index (χ2v) is 4.97. The molecule has 1 aromatic rings. The lowest BCUT2D eigenvalue weighted by Gasteiger charge is -2.20. The molecule has 1 aliphatic rings. The average molecular weight is 278 g/mol. The van der Waals surface area contributed by atoms with Gasteiger partial charge < -0.3 is 20.5 Å². The fourth-order valence-electron chi connectivity index (χ4n) is 1.97. The van der Waals surface area contributed by atoms with Crippen LogP contribution >= 0.6 is 0 Å². The molecule has 6 nitrogen and oxygen atoms in total. The minimum Gasteiger partial charge on any atom is -0.386 e. The van der Waals surface area contributed by atoms with E-state index in [1.54, 1.807) is 24.3 Å². The third-order valence-corrected chi connectivity index (χ3v) is 3.19. The molecule has 1 aromatic carbocycles. The maximum atomic E-state index is 11.7. The summed E-state index contributed by atoms with van der Waals surface area (Å²) in [6.45, 7) is 2.33. The van der Waals surface area contributed by atoms with Gasteiger partial charge in [-0.05, 0) is 19.1 Å². The molecule has 1 fully saturated rings. The van der Waals surface area contributed by atoms with Gasteiger partial charge in [-0.3, -0.25) is 4.79 Å². The van der Waals surface area contributed by atoms with Gasteiger partial charge in [-0.1, -0.05) is 12.1 Å². The molecule has 6 heteroatoms. The highest BCUT2D eigenvalue weighted by molar-refractivity contribution is 5.96. The van der Waals surface area contributed by atoms with Gasteiger partial charge in [-0.15, -0.1) is 0 Å². The smallest absolute Gasteiger partial charge is 0.319 e. The van der Waals surface area contributed by atoms with E-state index in [2.05, 4.69) is 10.6 Å². The second kappa shape index (κ2) is 6.02. The number of aliphatic hydroxyl groups is 1. The Kier molecular flexibility index (Phi) is 4.36. The van der Waals surface area contributed by atoms with Crippen LogP contribution in [-0.2, 0) is 4.74 Å². The SMILES string of the molecule is CC(=O)c1cccc(NC(=O)NCC2(O)CCOC2)c1.